The maximum absolute atomic E-state index is 3.56. The van der Waals surface area contributed by atoms with Gasteiger partial charge in [-0.05, 0) is 56.0 Å². The molecule has 0 aromatic carbocycles. The van der Waals surface area contributed by atoms with Crippen LogP contribution in [0.2, 0.25) is 0 Å². The maximum atomic E-state index is 3.56. The van der Waals surface area contributed by atoms with Gasteiger partial charge in [0.05, 0.1) is 0 Å². The second-order valence-electron chi connectivity index (χ2n) is 6.31. The molecule has 0 saturated heterocycles. The molecule has 1 aliphatic rings. The van der Waals surface area contributed by atoms with E-state index < -0.39 is 0 Å². The topological polar surface area (TPSA) is 12.0 Å². The zero-order valence-corrected chi connectivity index (χ0v) is 10.4. The van der Waals surface area contributed by atoms with Crippen LogP contribution in [0.25, 0.3) is 0 Å². The minimum absolute atomic E-state index is 0.496. The molecule has 84 valence electrons. The van der Waals surface area contributed by atoms with Crippen LogP contribution in [0.5, 0.6) is 0 Å². The van der Waals surface area contributed by atoms with Crippen molar-refractivity contribution in [2.45, 2.75) is 53.4 Å². The van der Waals surface area contributed by atoms with Crippen LogP contribution in [0.3, 0.4) is 0 Å². The molecule has 1 aliphatic carbocycles. The van der Waals surface area contributed by atoms with Crippen molar-refractivity contribution in [3.63, 3.8) is 0 Å². The molecule has 0 spiro atoms. The van der Waals surface area contributed by atoms with Crippen LogP contribution in [0.15, 0.2) is 0 Å². The number of rotatable bonds is 6. The van der Waals surface area contributed by atoms with Crippen LogP contribution < -0.4 is 5.32 Å². The van der Waals surface area contributed by atoms with Crippen molar-refractivity contribution in [2.24, 2.45) is 17.3 Å². The van der Waals surface area contributed by atoms with Crippen LogP contribution in [0.4, 0.5) is 0 Å². The molecular formula is C13H27N. The van der Waals surface area contributed by atoms with Gasteiger partial charge in [0.1, 0.15) is 0 Å². The highest BCUT2D eigenvalue weighted by Crippen LogP contribution is 2.28. The summed E-state index contributed by atoms with van der Waals surface area (Å²) in [7, 11) is 0. The summed E-state index contributed by atoms with van der Waals surface area (Å²) in [5, 5.41) is 3.56. The second-order valence-corrected chi connectivity index (χ2v) is 6.31. The first kappa shape index (κ1) is 12.0. The van der Waals surface area contributed by atoms with E-state index in [2.05, 4.69) is 33.0 Å². The Bertz CT molecular complexity index is 153. The number of hydrogen-bond donors (Lipinski definition) is 1. The molecule has 1 nitrogen and oxygen atoms in total. The Morgan fingerprint density at radius 3 is 2.43 bits per heavy atom. The molecule has 1 heteroatoms. The van der Waals surface area contributed by atoms with Crippen molar-refractivity contribution < 1.29 is 0 Å². The number of hydrogen-bond acceptors (Lipinski definition) is 1. The summed E-state index contributed by atoms with van der Waals surface area (Å²) >= 11 is 0. The summed E-state index contributed by atoms with van der Waals surface area (Å²) in [6.45, 7) is 11.9. The molecule has 0 amide bonds. The van der Waals surface area contributed by atoms with E-state index in [0.29, 0.717) is 5.41 Å². The maximum Gasteiger partial charge on any atom is -0.00205 e. The second kappa shape index (κ2) is 5.16. The molecule has 1 N–H and O–H groups in total. The van der Waals surface area contributed by atoms with Crippen molar-refractivity contribution >= 4 is 0 Å². The minimum Gasteiger partial charge on any atom is -0.316 e. The van der Waals surface area contributed by atoms with E-state index in [0.717, 1.165) is 11.8 Å². The van der Waals surface area contributed by atoms with Gasteiger partial charge in [-0.15, -0.1) is 0 Å². The molecule has 1 unspecified atom stereocenters. The summed E-state index contributed by atoms with van der Waals surface area (Å²) in [6.07, 6.45) is 5.61. The lowest BCUT2D eigenvalue weighted by Crippen LogP contribution is -2.21. The van der Waals surface area contributed by atoms with Gasteiger partial charge < -0.3 is 5.32 Å². The molecular weight excluding hydrogens is 170 g/mol. The largest absolute Gasteiger partial charge is 0.316 e. The summed E-state index contributed by atoms with van der Waals surface area (Å²) in [5.41, 5.74) is 0.496. The lowest BCUT2D eigenvalue weighted by molar-refractivity contribution is 0.294. The molecule has 0 bridgehead atoms. The lowest BCUT2D eigenvalue weighted by Gasteiger charge is -2.23. The fourth-order valence-corrected chi connectivity index (χ4v) is 2.12. The normalized spacial score (nSPS) is 19.7. The van der Waals surface area contributed by atoms with Crippen molar-refractivity contribution in [3.8, 4) is 0 Å². The van der Waals surface area contributed by atoms with Gasteiger partial charge in [0.2, 0.25) is 0 Å². The van der Waals surface area contributed by atoms with Gasteiger partial charge in [-0.3, -0.25) is 0 Å². The zero-order valence-electron chi connectivity index (χ0n) is 10.4. The predicted molar refractivity (Wildman–Crippen MR) is 63.4 cm³/mol. The molecule has 0 aromatic heterocycles. The standard InChI is InChI=1S/C13H27N/c1-11(9-13(2,3)4)7-8-14-10-12-5-6-12/h11-12,14H,5-10H2,1-4H3. The van der Waals surface area contributed by atoms with E-state index in [1.165, 1.54) is 38.8 Å². The monoisotopic (exact) mass is 197 g/mol. The van der Waals surface area contributed by atoms with Crippen molar-refractivity contribution in [3.05, 3.63) is 0 Å². The third-order valence-corrected chi connectivity index (χ3v) is 2.90. The van der Waals surface area contributed by atoms with E-state index in [-0.39, 0.29) is 0 Å². The summed E-state index contributed by atoms with van der Waals surface area (Å²) in [4.78, 5) is 0. The third kappa shape index (κ3) is 6.42. The van der Waals surface area contributed by atoms with E-state index in [1.54, 1.807) is 0 Å². The first-order valence-corrected chi connectivity index (χ1v) is 6.18. The van der Waals surface area contributed by atoms with Crippen molar-refractivity contribution in [2.75, 3.05) is 13.1 Å². The highest BCUT2D eigenvalue weighted by atomic mass is 14.9. The van der Waals surface area contributed by atoms with Gasteiger partial charge in [-0.25, -0.2) is 0 Å². The van der Waals surface area contributed by atoms with Gasteiger partial charge >= 0.3 is 0 Å². The molecule has 1 rings (SSSR count). The Hall–Kier alpha value is -0.0400. The molecule has 1 saturated carbocycles. The van der Waals surface area contributed by atoms with Crippen LogP contribution in [0.1, 0.15) is 53.4 Å². The third-order valence-electron chi connectivity index (χ3n) is 2.90. The average molecular weight is 197 g/mol. The molecule has 0 aliphatic heterocycles. The van der Waals surface area contributed by atoms with Crippen molar-refractivity contribution in [1.29, 1.82) is 0 Å². The van der Waals surface area contributed by atoms with E-state index in [9.17, 15) is 0 Å². The molecule has 0 aromatic rings. The van der Waals surface area contributed by atoms with Gasteiger partial charge in [-0.1, -0.05) is 27.7 Å². The number of nitrogens with one attached hydrogen (secondary N) is 1. The van der Waals surface area contributed by atoms with Gasteiger partial charge in [-0.2, -0.15) is 0 Å². The summed E-state index contributed by atoms with van der Waals surface area (Å²) in [5.74, 6) is 1.88. The smallest absolute Gasteiger partial charge is 0.00205 e. The quantitative estimate of drug-likeness (QED) is 0.643. The fourth-order valence-electron chi connectivity index (χ4n) is 2.12. The van der Waals surface area contributed by atoms with Gasteiger partial charge in [0.25, 0.3) is 0 Å². The van der Waals surface area contributed by atoms with Crippen LogP contribution in [0, 0.1) is 17.3 Å². The first-order valence-electron chi connectivity index (χ1n) is 6.18. The predicted octanol–water partition coefficient (Wildman–Crippen LogP) is 3.45. The van der Waals surface area contributed by atoms with Crippen LogP contribution in [-0.2, 0) is 0 Å². The first-order chi connectivity index (χ1) is 6.47. The Morgan fingerprint density at radius 1 is 1.29 bits per heavy atom. The van der Waals surface area contributed by atoms with E-state index in [1.807, 2.05) is 0 Å². The Kier molecular flexibility index (Phi) is 4.43. The highest BCUT2D eigenvalue weighted by molar-refractivity contribution is 4.75. The molecule has 0 heterocycles. The average Bonchev–Trinajstić information content (AvgIpc) is 2.77. The molecule has 14 heavy (non-hydrogen) atoms. The van der Waals surface area contributed by atoms with Crippen LogP contribution >= 0.6 is 0 Å². The molecule has 0 radical (unpaired) electrons. The Balaban J connectivity index is 1.93. The summed E-state index contributed by atoms with van der Waals surface area (Å²) in [6, 6.07) is 0. The Labute approximate surface area is 89.7 Å². The van der Waals surface area contributed by atoms with E-state index >= 15 is 0 Å². The molecule has 1 fully saturated rings. The SMILES string of the molecule is CC(CCNCC1CC1)CC(C)(C)C. The van der Waals surface area contributed by atoms with Gasteiger partial charge in [0.15, 0.2) is 0 Å². The molecule has 1 atom stereocenters. The highest BCUT2D eigenvalue weighted by Gasteiger charge is 2.20. The van der Waals surface area contributed by atoms with Crippen molar-refractivity contribution in [1.82, 2.24) is 5.32 Å². The minimum atomic E-state index is 0.496. The van der Waals surface area contributed by atoms with Gasteiger partial charge in [0, 0.05) is 0 Å². The Morgan fingerprint density at radius 2 is 1.93 bits per heavy atom. The van der Waals surface area contributed by atoms with E-state index in [4.69, 9.17) is 0 Å². The summed E-state index contributed by atoms with van der Waals surface area (Å²) < 4.78 is 0. The fraction of sp³-hybridized carbons (Fsp3) is 1.00. The lowest BCUT2D eigenvalue weighted by atomic mass is 9.84. The van der Waals surface area contributed by atoms with Crippen LogP contribution in [-0.4, -0.2) is 13.1 Å². The zero-order chi connectivity index (χ0) is 10.6.